The molecule has 1 aromatic rings. The molecule has 0 spiro atoms. The zero-order valence-electron chi connectivity index (χ0n) is 11.5. The lowest BCUT2D eigenvalue weighted by Gasteiger charge is -2.25. The van der Waals surface area contributed by atoms with Gasteiger partial charge >= 0.3 is 0 Å². The number of hydrogen-bond donors (Lipinski definition) is 1. The summed E-state index contributed by atoms with van der Waals surface area (Å²) in [6.45, 7) is 1.42. The van der Waals surface area contributed by atoms with Crippen LogP contribution in [0.2, 0.25) is 0 Å². The fourth-order valence-electron chi connectivity index (χ4n) is 2.84. The molecule has 2 aliphatic heterocycles. The molecule has 0 aromatic heterocycles. The molecule has 2 atom stereocenters. The molecule has 3 rings (SSSR count). The standard InChI is InChI=1S/C15H18N2O3/c1-17-13(18)7-9-2-3-10(6-12(9)15(17)19)14(16)11-4-5-20-8-11/h2-3,6,11,14H,4-5,7-8,16H2,1H3. The van der Waals surface area contributed by atoms with E-state index in [0.717, 1.165) is 24.2 Å². The van der Waals surface area contributed by atoms with Crippen molar-refractivity contribution in [2.75, 3.05) is 20.3 Å². The normalized spacial score (nSPS) is 23.9. The Bertz CT molecular complexity index is 564. The third-order valence-electron chi connectivity index (χ3n) is 4.24. The number of nitrogens with zero attached hydrogens (tertiary/aromatic N) is 1. The molecule has 20 heavy (non-hydrogen) atoms. The summed E-state index contributed by atoms with van der Waals surface area (Å²) in [4.78, 5) is 25.0. The second-order valence-corrected chi connectivity index (χ2v) is 5.50. The Labute approximate surface area is 117 Å². The van der Waals surface area contributed by atoms with E-state index in [1.807, 2.05) is 18.2 Å². The zero-order chi connectivity index (χ0) is 14.3. The van der Waals surface area contributed by atoms with Crippen molar-refractivity contribution in [1.82, 2.24) is 4.90 Å². The van der Waals surface area contributed by atoms with Gasteiger partial charge in [0.15, 0.2) is 0 Å². The van der Waals surface area contributed by atoms with E-state index < -0.39 is 0 Å². The minimum Gasteiger partial charge on any atom is -0.381 e. The van der Waals surface area contributed by atoms with Crippen molar-refractivity contribution >= 4 is 11.8 Å². The van der Waals surface area contributed by atoms with E-state index in [4.69, 9.17) is 10.5 Å². The predicted octanol–water partition coefficient (Wildman–Crippen LogP) is 0.878. The number of nitrogens with two attached hydrogens (primary N) is 1. The van der Waals surface area contributed by atoms with E-state index in [9.17, 15) is 9.59 Å². The first-order valence-electron chi connectivity index (χ1n) is 6.85. The summed E-state index contributed by atoms with van der Waals surface area (Å²) in [5, 5.41) is 0. The lowest BCUT2D eigenvalue weighted by atomic mass is 9.89. The van der Waals surface area contributed by atoms with Crippen LogP contribution in [-0.4, -0.2) is 37.0 Å². The van der Waals surface area contributed by atoms with Crippen LogP contribution in [0, 0.1) is 5.92 Å². The first-order chi connectivity index (χ1) is 9.58. The lowest BCUT2D eigenvalue weighted by molar-refractivity contribution is -0.127. The van der Waals surface area contributed by atoms with Crippen molar-refractivity contribution in [3.8, 4) is 0 Å². The average molecular weight is 274 g/mol. The minimum atomic E-state index is -0.243. The number of fused-ring (bicyclic) bond motifs is 1. The zero-order valence-corrected chi connectivity index (χ0v) is 11.5. The van der Waals surface area contributed by atoms with Gasteiger partial charge in [0, 0.05) is 31.2 Å². The topological polar surface area (TPSA) is 72.6 Å². The fourth-order valence-corrected chi connectivity index (χ4v) is 2.84. The second-order valence-electron chi connectivity index (χ2n) is 5.50. The highest BCUT2D eigenvalue weighted by Gasteiger charge is 2.30. The highest BCUT2D eigenvalue weighted by atomic mass is 16.5. The third kappa shape index (κ3) is 2.13. The number of hydrogen-bond acceptors (Lipinski definition) is 4. The Balaban J connectivity index is 1.92. The van der Waals surface area contributed by atoms with E-state index in [0.29, 0.717) is 18.1 Å². The monoisotopic (exact) mass is 274 g/mol. The maximum atomic E-state index is 12.2. The number of amides is 2. The summed E-state index contributed by atoms with van der Waals surface area (Å²) >= 11 is 0. The minimum absolute atomic E-state index is 0.126. The van der Waals surface area contributed by atoms with Crippen LogP contribution in [0.3, 0.4) is 0 Å². The number of benzene rings is 1. The summed E-state index contributed by atoms with van der Waals surface area (Å²) < 4.78 is 5.36. The van der Waals surface area contributed by atoms with Gasteiger partial charge in [-0.3, -0.25) is 14.5 Å². The van der Waals surface area contributed by atoms with Gasteiger partial charge in [-0.05, 0) is 23.6 Å². The van der Waals surface area contributed by atoms with Gasteiger partial charge in [-0.1, -0.05) is 12.1 Å². The Morgan fingerprint density at radius 2 is 2.20 bits per heavy atom. The average Bonchev–Trinajstić information content (AvgIpc) is 2.98. The summed E-state index contributed by atoms with van der Waals surface area (Å²) in [7, 11) is 1.52. The molecule has 2 heterocycles. The number of imide groups is 1. The van der Waals surface area contributed by atoms with Gasteiger partial charge in [0.25, 0.3) is 5.91 Å². The van der Waals surface area contributed by atoms with E-state index in [1.165, 1.54) is 11.9 Å². The maximum absolute atomic E-state index is 12.2. The molecule has 0 radical (unpaired) electrons. The molecule has 2 unspecified atom stereocenters. The lowest BCUT2D eigenvalue weighted by Crippen LogP contribution is -2.39. The first-order valence-corrected chi connectivity index (χ1v) is 6.85. The van der Waals surface area contributed by atoms with E-state index in [2.05, 4.69) is 0 Å². The molecule has 1 aromatic carbocycles. The molecule has 0 bridgehead atoms. The van der Waals surface area contributed by atoms with Crippen molar-refractivity contribution in [3.05, 3.63) is 34.9 Å². The van der Waals surface area contributed by atoms with Gasteiger partial charge in [0.2, 0.25) is 5.91 Å². The first kappa shape index (κ1) is 13.3. The third-order valence-corrected chi connectivity index (χ3v) is 4.24. The van der Waals surface area contributed by atoms with Gasteiger partial charge < -0.3 is 10.5 Å². The van der Waals surface area contributed by atoms with E-state index in [1.54, 1.807) is 0 Å². The largest absolute Gasteiger partial charge is 0.381 e. The van der Waals surface area contributed by atoms with Crippen molar-refractivity contribution in [3.63, 3.8) is 0 Å². The van der Waals surface area contributed by atoms with Crippen molar-refractivity contribution in [2.24, 2.45) is 11.7 Å². The number of carbonyl (C=O) groups is 2. The van der Waals surface area contributed by atoms with Crippen LogP contribution in [0.25, 0.3) is 0 Å². The van der Waals surface area contributed by atoms with Crippen molar-refractivity contribution in [1.29, 1.82) is 0 Å². The highest BCUT2D eigenvalue weighted by Crippen LogP contribution is 2.29. The number of carbonyl (C=O) groups excluding carboxylic acids is 2. The SMILES string of the molecule is CN1C(=O)Cc2ccc(C(N)C3CCOC3)cc2C1=O. The fraction of sp³-hybridized carbons (Fsp3) is 0.467. The van der Waals surface area contributed by atoms with Crippen molar-refractivity contribution < 1.29 is 14.3 Å². The van der Waals surface area contributed by atoms with Gasteiger partial charge in [-0.2, -0.15) is 0 Å². The van der Waals surface area contributed by atoms with Gasteiger partial charge in [-0.25, -0.2) is 0 Å². The second kappa shape index (κ2) is 5.00. The molecular formula is C15H18N2O3. The van der Waals surface area contributed by atoms with Crippen LogP contribution in [0.1, 0.15) is 33.9 Å². The number of ether oxygens (including phenoxy) is 1. The molecule has 5 heteroatoms. The molecule has 2 aliphatic rings. The van der Waals surface area contributed by atoms with Crippen LogP contribution < -0.4 is 5.73 Å². The van der Waals surface area contributed by atoms with E-state index >= 15 is 0 Å². The molecule has 5 nitrogen and oxygen atoms in total. The van der Waals surface area contributed by atoms with Gasteiger partial charge in [0.1, 0.15) is 0 Å². The van der Waals surface area contributed by atoms with Gasteiger partial charge in [0.05, 0.1) is 13.0 Å². The van der Waals surface area contributed by atoms with Crippen LogP contribution in [0.5, 0.6) is 0 Å². The molecule has 1 fully saturated rings. The maximum Gasteiger partial charge on any atom is 0.260 e. The molecule has 2 N–H and O–H groups in total. The quantitative estimate of drug-likeness (QED) is 0.812. The predicted molar refractivity (Wildman–Crippen MR) is 73.1 cm³/mol. The smallest absolute Gasteiger partial charge is 0.260 e. The van der Waals surface area contributed by atoms with Crippen LogP contribution in [0.15, 0.2) is 18.2 Å². The summed E-state index contributed by atoms with van der Waals surface area (Å²) in [5.41, 5.74) is 8.59. The Morgan fingerprint density at radius 3 is 2.90 bits per heavy atom. The molecule has 106 valence electrons. The Morgan fingerprint density at radius 1 is 1.40 bits per heavy atom. The van der Waals surface area contributed by atoms with Crippen LogP contribution in [0.4, 0.5) is 0 Å². The Hall–Kier alpha value is -1.72. The molecule has 1 saturated heterocycles. The molecule has 0 aliphatic carbocycles. The van der Waals surface area contributed by atoms with Gasteiger partial charge in [-0.15, -0.1) is 0 Å². The molecule has 2 amide bonds. The highest BCUT2D eigenvalue weighted by molar-refractivity contribution is 6.09. The molecular weight excluding hydrogens is 256 g/mol. The van der Waals surface area contributed by atoms with Crippen LogP contribution >= 0.6 is 0 Å². The van der Waals surface area contributed by atoms with Crippen LogP contribution in [-0.2, 0) is 16.0 Å². The number of rotatable bonds is 2. The molecule has 0 saturated carbocycles. The summed E-state index contributed by atoms with van der Waals surface area (Å²) in [6, 6.07) is 5.49. The summed E-state index contributed by atoms with van der Waals surface area (Å²) in [6.07, 6.45) is 1.23. The van der Waals surface area contributed by atoms with E-state index in [-0.39, 0.29) is 24.3 Å². The Kier molecular flexibility index (Phi) is 3.31. The number of likely N-dealkylation sites (N-methyl/N-ethyl adjacent to an activating group) is 1. The summed E-state index contributed by atoms with van der Waals surface area (Å²) in [5.74, 6) is -0.109. The van der Waals surface area contributed by atoms with Crippen molar-refractivity contribution in [2.45, 2.75) is 18.9 Å².